The number of rotatable bonds is 4. The van der Waals surface area contributed by atoms with E-state index in [1.165, 1.54) is 27.7 Å². The molecule has 2 rings (SSSR count). The van der Waals surface area contributed by atoms with Crippen molar-refractivity contribution in [2.75, 3.05) is 13.2 Å². The van der Waals surface area contributed by atoms with E-state index < -0.39 is 23.1 Å². The van der Waals surface area contributed by atoms with E-state index in [4.69, 9.17) is 4.74 Å². The number of ketones is 4. The highest BCUT2D eigenvalue weighted by atomic mass is 16.5. The van der Waals surface area contributed by atoms with Crippen LogP contribution in [0.4, 0.5) is 0 Å². The molecule has 2 aliphatic carbocycles. The highest BCUT2D eigenvalue weighted by Crippen LogP contribution is 2.26. The lowest BCUT2D eigenvalue weighted by Crippen LogP contribution is -2.29. The average molecular weight is 346 g/mol. The van der Waals surface area contributed by atoms with Gasteiger partial charge in [0.1, 0.15) is 11.5 Å². The van der Waals surface area contributed by atoms with E-state index in [9.17, 15) is 29.4 Å². The van der Waals surface area contributed by atoms with Crippen molar-refractivity contribution in [1.82, 2.24) is 0 Å². The summed E-state index contributed by atoms with van der Waals surface area (Å²) in [5, 5.41) is 19.8. The smallest absolute Gasteiger partial charge is 0.232 e. The quantitative estimate of drug-likeness (QED) is 0.586. The van der Waals surface area contributed by atoms with Gasteiger partial charge in [0.15, 0.2) is 0 Å². The Morgan fingerprint density at radius 3 is 1.24 bits per heavy atom. The van der Waals surface area contributed by atoms with Crippen molar-refractivity contribution in [3.63, 3.8) is 0 Å². The zero-order valence-corrected chi connectivity index (χ0v) is 14.3. The summed E-state index contributed by atoms with van der Waals surface area (Å²) in [6.45, 7) is 5.06. The molecule has 0 aromatic heterocycles. The summed E-state index contributed by atoms with van der Waals surface area (Å²) >= 11 is 0. The van der Waals surface area contributed by atoms with Crippen LogP contribution in [0, 0.1) is 0 Å². The Bertz CT molecular complexity index is 777. The van der Waals surface area contributed by atoms with E-state index in [1.807, 2.05) is 0 Å². The molecule has 0 aromatic carbocycles. The minimum atomic E-state index is -0.808. The monoisotopic (exact) mass is 346 g/mol. The van der Waals surface area contributed by atoms with Crippen LogP contribution in [0.25, 0.3) is 0 Å². The summed E-state index contributed by atoms with van der Waals surface area (Å²) in [5.74, 6) is -3.70. The van der Waals surface area contributed by atoms with Crippen LogP contribution in [0.3, 0.4) is 0 Å². The molecule has 0 bridgehead atoms. The van der Waals surface area contributed by atoms with Crippen molar-refractivity contribution >= 4 is 23.1 Å². The molecule has 0 saturated carbocycles. The van der Waals surface area contributed by atoms with Gasteiger partial charge in [0, 0.05) is 33.4 Å². The van der Waals surface area contributed by atoms with Gasteiger partial charge in [-0.25, -0.2) is 0 Å². The Hall–Kier alpha value is -2.80. The number of carbonyl (C=O) groups excluding carboxylic acids is 4. The summed E-state index contributed by atoms with van der Waals surface area (Å²) in [6.07, 6.45) is 0. The van der Waals surface area contributed by atoms with E-state index in [0.717, 1.165) is 0 Å². The zero-order valence-electron chi connectivity index (χ0n) is 14.3. The molecule has 132 valence electrons. The molecule has 25 heavy (non-hydrogen) atoms. The number of hydrogen-bond donors (Lipinski definition) is 2. The third-order valence-electron chi connectivity index (χ3n) is 4.46. The normalized spacial score (nSPS) is 19.7. The SMILES string of the molecule is CC1=C(O)C(C)=C(COCC2=C(C)C(O)=C(C)C(=O)C2=O)C(=O)C1=O. The van der Waals surface area contributed by atoms with Crippen LogP contribution in [0.5, 0.6) is 0 Å². The Balaban J connectivity index is 2.21. The molecule has 7 heteroatoms. The van der Waals surface area contributed by atoms with Gasteiger partial charge in [-0.2, -0.15) is 0 Å². The molecule has 0 radical (unpaired) electrons. The lowest BCUT2D eigenvalue weighted by atomic mass is 9.89. The third kappa shape index (κ3) is 2.98. The standard InChI is InChI=1S/C18H18O7/c1-7-11(17(23)15(21)9(3)13(7)19)5-25-6-12-8(2)14(20)10(4)16(22)18(12)24/h19-20H,5-6H2,1-4H3. The molecule has 0 heterocycles. The first kappa shape index (κ1) is 18.5. The molecular formula is C18H18O7. The van der Waals surface area contributed by atoms with Crippen LogP contribution < -0.4 is 0 Å². The van der Waals surface area contributed by atoms with E-state index >= 15 is 0 Å². The van der Waals surface area contributed by atoms with Crippen molar-refractivity contribution in [2.24, 2.45) is 0 Å². The van der Waals surface area contributed by atoms with Crippen LogP contribution in [-0.2, 0) is 23.9 Å². The first-order valence-electron chi connectivity index (χ1n) is 7.55. The van der Waals surface area contributed by atoms with Gasteiger partial charge in [-0.3, -0.25) is 19.2 Å². The van der Waals surface area contributed by atoms with E-state index in [-0.39, 0.29) is 58.2 Å². The number of aliphatic hydroxyl groups excluding tert-OH is 2. The fraction of sp³-hybridized carbons (Fsp3) is 0.333. The average Bonchev–Trinajstić information content (AvgIpc) is 2.60. The van der Waals surface area contributed by atoms with Gasteiger partial charge in [-0.15, -0.1) is 0 Å². The summed E-state index contributed by atoms with van der Waals surface area (Å²) < 4.78 is 5.33. The Morgan fingerprint density at radius 1 is 0.600 bits per heavy atom. The lowest BCUT2D eigenvalue weighted by Gasteiger charge is -2.19. The van der Waals surface area contributed by atoms with E-state index in [0.29, 0.717) is 0 Å². The highest BCUT2D eigenvalue weighted by molar-refractivity contribution is 6.50. The van der Waals surface area contributed by atoms with Crippen LogP contribution >= 0.6 is 0 Å². The fourth-order valence-electron chi connectivity index (χ4n) is 2.62. The van der Waals surface area contributed by atoms with Crippen molar-refractivity contribution in [3.8, 4) is 0 Å². The van der Waals surface area contributed by atoms with E-state index in [1.54, 1.807) is 0 Å². The molecule has 0 fully saturated rings. The maximum Gasteiger partial charge on any atom is 0.232 e. The molecule has 2 aliphatic rings. The second kappa shape index (κ2) is 6.60. The maximum atomic E-state index is 12.0. The van der Waals surface area contributed by atoms with Crippen LogP contribution in [0.2, 0.25) is 0 Å². The number of ether oxygens (including phenoxy) is 1. The first-order chi connectivity index (χ1) is 11.6. The van der Waals surface area contributed by atoms with Gasteiger partial charge in [0.2, 0.25) is 23.1 Å². The third-order valence-corrected chi connectivity index (χ3v) is 4.46. The topological polar surface area (TPSA) is 118 Å². The summed E-state index contributed by atoms with van der Waals surface area (Å²) in [6, 6.07) is 0. The molecule has 0 aromatic rings. The molecule has 0 aliphatic heterocycles. The molecule has 0 spiro atoms. The first-order valence-corrected chi connectivity index (χ1v) is 7.55. The zero-order chi connectivity index (χ0) is 19.0. The van der Waals surface area contributed by atoms with Crippen molar-refractivity contribution in [1.29, 1.82) is 0 Å². The molecular weight excluding hydrogens is 328 g/mol. The minimum Gasteiger partial charge on any atom is -0.507 e. The molecule has 0 atom stereocenters. The van der Waals surface area contributed by atoms with Gasteiger partial charge in [0.05, 0.1) is 13.2 Å². The van der Waals surface area contributed by atoms with Gasteiger partial charge in [-0.1, -0.05) is 0 Å². The van der Waals surface area contributed by atoms with Gasteiger partial charge in [0.25, 0.3) is 0 Å². The van der Waals surface area contributed by atoms with Crippen molar-refractivity contribution in [2.45, 2.75) is 27.7 Å². The second-order valence-electron chi connectivity index (χ2n) is 5.96. The minimum absolute atomic E-state index is 0.00289. The number of aliphatic hydroxyl groups is 2. The van der Waals surface area contributed by atoms with Gasteiger partial charge < -0.3 is 14.9 Å². The maximum absolute atomic E-state index is 12.0. The Labute approximate surface area is 144 Å². The van der Waals surface area contributed by atoms with Crippen molar-refractivity contribution < 1.29 is 34.1 Å². The molecule has 0 amide bonds. The number of hydrogen-bond acceptors (Lipinski definition) is 7. The summed E-state index contributed by atoms with van der Waals surface area (Å²) in [4.78, 5) is 47.6. The Kier molecular flexibility index (Phi) is 4.89. The summed E-state index contributed by atoms with van der Waals surface area (Å²) in [7, 11) is 0. The van der Waals surface area contributed by atoms with Gasteiger partial charge in [-0.05, 0) is 27.7 Å². The molecule has 2 N–H and O–H groups in total. The van der Waals surface area contributed by atoms with Crippen LogP contribution in [-0.4, -0.2) is 46.6 Å². The second-order valence-corrected chi connectivity index (χ2v) is 5.96. The number of allylic oxidation sites excluding steroid dienone is 4. The Morgan fingerprint density at radius 2 is 0.920 bits per heavy atom. The molecule has 0 saturated heterocycles. The molecule has 0 unspecified atom stereocenters. The highest BCUT2D eigenvalue weighted by Gasteiger charge is 2.33. The van der Waals surface area contributed by atoms with Crippen LogP contribution in [0.15, 0.2) is 45.0 Å². The number of Topliss-reactive ketones (excluding diaryl/α,β-unsaturated/α-hetero) is 4. The predicted molar refractivity (Wildman–Crippen MR) is 86.9 cm³/mol. The van der Waals surface area contributed by atoms with E-state index in [2.05, 4.69) is 0 Å². The number of carbonyl (C=O) groups is 4. The van der Waals surface area contributed by atoms with Crippen molar-refractivity contribution in [3.05, 3.63) is 45.0 Å². The summed E-state index contributed by atoms with van der Waals surface area (Å²) in [5.41, 5.74) is 0.412. The van der Waals surface area contributed by atoms with Gasteiger partial charge >= 0.3 is 0 Å². The lowest BCUT2D eigenvalue weighted by molar-refractivity contribution is -0.133. The molecule has 7 nitrogen and oxygen atoms in total. The largest absolute Gasteiger partial charge is 0.507 e. The predicted octanol–water partition coefficient (Wildman–Crippen LogP) is 1.60. The fourth-order valence-corrected chi connectivity index (χ4v) is 2.62. The van der Waals surface area contributed by atoms with Crippen LogP contribution in [0.1, 0.15) is 27.7 Å².